The number of benzene rings is 2. The molecule has 0 fully saturated rings. The Labute approximate surface area is 165 Å². The highest BCUT2D eigenvalue weighted by Gasteiger charge is 2.33. The van der Waals surface area contributed by atoms with Gasteiger partial charge in [-0.1, -0.05) is 12.1 Å². The number of anilines is 2. The first kappa shape index (κ1) is 21.9. The Bertz CT molecular complexity index is 921. The standard InChI is InChI=1S/C20H19F3N4O2/c1-13(19(29)25-15-9-7-14(11-24)8-10-15)27(2)12-18(28)26-17-6-4-3-5-16(17)20(21,22)23/h3-10,13H,12H2,1-2H3,(H,25,29)(H,26,28). The number of hydrogen-bond donors (Lipinski definition) is 2. The molecule has 0 bridgehead atoms. The lowest BCUT2D eigenvalue weighted by molar-refractivity contribution is -0.137. The molecule has 2 amide bonds. The highest BCUT2D eigenvalue weighted by Crippen LogP contribution is 2.34. The number of rotatable bonds is 6. The van der Waals surface area contributed by atoms with Crippen molar-refractivity contribution >= 4 is 23.2 Å². The Morgan fingerprint density at radius 3 is 2.31 bits per heavy atom. The molecular formula is C20H19F3N4O2. The molecule has 0 aromatic heterocycles. The third-order valence-corrected chi connectivity index (χ3v) is 4.22. The van der Waals surface area contributed by atoms with Gasteiger partial charge in [-0.2, -0.15) is 18.4 Å². The van der Waals surface area contributed by atoms with E-state index >= 15 is 0 Å². The summed E-state index contributed by atoms with van der Waals surface area (Å²) < 4.78 is 39.1. The average molecular weight is 404 g/mol. The third kappa shape index (κ3) is 6.05. The van der Waals surface area contributed by atoms with Crippen LogP contribution in [0.3, 0.4) is 0 Å². The number of amides is 2. The van der Waals surface area contributed by atoms with E-state index in [0.717, 1.165) is 6.07 Å². The molecule has 2 rings (SSSR count). The second-order valence-corrected chi connectivity index (χ2v) is 6.36. The van der Waals surface area contributed by atoms with Crippen LogP contribution in [-0.2, 0) is 15.8 Å². The van der Waals surface area contributed by atoms with Crippen LogP contribution in [0.5, 0.6) is 0 Å². The van der Waals surface area contributed by atoms with Crippen molar-refractivity contribution < 1.29 is 22.8 Å². The maximum atomic E-state index is 13.0. The molecule has 0 heterocycles. The molecule has 29 heavy (non-hydrogen) atoms. The van der Waals surface area contributed by atoms with Crippen molar-refractivity contribution in [2.45, 2.75) is 19.1 Å². The van der Waals surface area contributed by atoms with E-state index in [1.165, 1.54) is 30.1 Å². The zero-order valence-electron chi connectivity index (χ0n) is 15.7. The van der Waals surface area contributed by atoms with Gasteiger partial charge in [-0.15, -0.1) is 0 Å². The zero-order chi connectivity index (χ0) is 21.6. The molecule has 2 aromatic rings. The van der Waals surface area contributed by atoms with Gasteiger partial charge in [0.1, 0.15) is 0 Å². The minimum Gasteiger partial charge on any atom is -0.325 e. The number of carbonyl (C=O) groups is 2. The summed E-state index contributed by atoms with van der Waals surface area (Å²) in [6.07, 6.45) is -4.59. The van der Waals surface area contributed by atoms with Gasteiger partial charge in [0.05, 0.1) is 35.5 Å². The van der Waals surface area contributed by atoms with E-state index in [1.807, 2.05) is 6.07 Å². The number of para-hydroxylation sites is 1. The maximum absolute atomic E-state index is 13.0. The van der Waals surface area contributed by atoms with Crippen molar-refractivity contribution in [2.75, 3.05) is 24.2 Å². The normalized spacial score (nSPS) is 12.2. The Kier molecular flexibility index (Phi) is 6.96. The lowest BCUT2D eigenvalue weighted by Gasteiger charge is -2.23. The van der Waals surface area contributed by atoms with E-state index in [0.29, 0.717) is 11.3 Å². The Morgan fingerprint density at radius 2 is 1.72 bits per heavy atom. The average Bonchev–Trinajstić information content (AvgIpc) is 2.67. The van der Waals surface area contributed by atoms with E-state index in [2.05, 4.69) is 10.6 Å². The first-order valence-electron chi connectivity index (χ1n) is 8.59. The Balaban J connectivity index is 1.96. The van der Waals surface area contributed by atoms with Crippen molar-refractivity contribution in [3.05, 3.63) is 59.7 Å². The van der Waals surface area contributed by atoms with Gasteiger partial charge in [0.15, 0.2) is 0 Å². The predicted molar refractivity (Wildman–Crippen MR) is 102 cm³/mol. The molecule has 152 valence electrons. The van der Waals surface area contributed by atoms with Gasteiger partial charge < -0.3 is 10.6 Å². The monoisotopic (exact) mass is 404 g/mol. The van der Waals surface area contributed by atoms with Crippen molar-refractivity contribution in [1.29, 1.82) is 5.26 Å². The van der Waals surface area contributed by atoms with Crippen molar-refractivity contribution in [2.24, 2.45) is 0 Å². The number of hydrogen-bond acceptors (Lipinski definition) is 4. The van der Waals surface area contributed by atoms with E-state index in [-0.39, 0.29) is 12.2 Å². The number of nitriles is 1. The molecular weight excluding hydrogens is 385 g/mol. The lowest BCUT2D eigenvalue weighted by Crippen LogP contribution is -2.43. The largest absolute Gasteiger partial charge is 0.418 e. The van der Waals surface area contributed by atoms with Crippen LogP contribution in [-0.4, -0.2) is 36.3 Å². The van der Waals surface area contributed by atoms with Crippen LogP contribution in [0.25, 0.3) is 0 Å². The molecule has 6 nitrogen and oxygen atoms in total. The fourth-order valence-electron chi connectivity index (χ4n) is 2.47. The highest BCUT2D eigenvalue weighted by molar-refractivity contribution is 5.96. The predicted octanol–water partition coefficient (Wildman–Crippen LogP) is 3.47. The number of halogens is 3. The van der Waals surface area contributed by atoms with Gasteiger partial charge in [0, 0.05) is 5.69 Å². The molecule has 1 unspecified atom stereocenters. The van der Waals surface area contributed by atoms with Gasteiger partial charge in [-0.3, -0.25) is 14.5 Å². The molecule has 2 aromatic carbocycles. The van der Waals surface area contributed by atoms with Gasteiger partial charge in [-0.05, 0) is 50.4 Å². The summed E-state index contributed by atoms with van der Waals surface area (Å²) in [5, 5.41) is 13.7. The number of likely N-dealkylation sites (N-methyl/N-ethyl adjacent to an activating group) is 1. The maximum Gasteiger partial charge on any atom is 0.418 e. The quantitative estimate of drug-likeness (QED) is 0.772. The zero-order valence-corrected chi connectivity index (χ0v) is 15.7. The number of nitrogens with one attached hydrogen (secondary N) is 2. The summed E-state index contributed by atoms with van der Waals surface area (Å²) in [4.78, 5) is 25.9. The van der Waals surface area contributed by atoms with Crippen molar-refractivity contribution in [3.63, 3.8) is 0 Å². The molecule has 0 aliphatic rings. The second kappa shape index (κ2) is 9.21. The molecule has 0 saturated heterocycles. The van der Waals surface area contributed by atoms with Crippen LogP contribution in [0, 0.1) is 11.3 Å². The van der Waals surface area contributed by atoms with Crippen LogP contribution in [0.1, 0.15) is 18.1 Å². The summed E-state index contributed by atoms with van der Waals surface area (Å²) in [5.41, 5.74) is -0.350. The molecule has 9 heteroatoms. The minimum atomic E-state index is -4.59. The first-order valence-corrected chi connectivity index (χ1v) is 8.59. The number of alkyl halides is 3. The number of nitrogens with zero attached hydrogens (tertiary/aromatic N) is 2. The summed E-state index contributed by atoms with van der Waals surface area (Å²) in [7, 11) is 1.51. The summed E-state index contributed by atoms with van der Waals surface area (Å²) in [5.74, 6) is -1.08. The van der Waals surface area contributed by atoms with Crippen LogP contribution in [0.2, 0.25) is 0 Å². The Hall–Kier alpha value is -3.38. The molecule has 0 aliphatic carbocycles. The molecule has 1 atom stereocenters. The van der Waals surface area contributed by atoms with Crippen molar-refractivity contribution in [3.8, 4) is 6.07 Å². The molecule has 0 radical (unpaired) electrons. The summed E-state index contributed by atoms with van der Waals surface area (Å²) in [6, 6.07) is 12.2. The fourth-order valence-corrected chi connectivity index (χ4v) is 2.47. The van der Waals surface area contributed by atoms with Gasteiger partial charge in [-0.25, -0.2) is 0 Å². The fraction of sp³-hybridized carbons (Fsp3) is 0.250. The smallest absolute Gasteiger partial charge is 0.325 e. The molecule has 2 N–H and O–H groups in total. The van der Waals surface area contributed by atoms with E-state index in [9.17, 15) is 22.8 Å². The topological polar surface area (TPSA) is 85.2 Å². The van der Waals surface area contributed by atoms with E-state index in [4.69, 9.17) is 5.26 Å². The SMILES string of the molecule is CC(C(=O)Nc1ccc(C#N)cc1)N(C)CC(=O)Nc1ccccc1C(F)(F)F. The van der Waals surface area contributed by atoms with Crippen LogP contribution < -0.4 is 10.6 Å². The second-order valence-electron chi connectivity index (χ2n) is 6.36. The highest BCUT2D eigenvalue weighted by atomic mass is 19.4. The van der Waals surface area contributed by atoms with E-state index < -0.39 is 29.6 Å². The van der Waals surface area contributed by atoms with Crippen LogP contribution in [0.15, 0.2) is 48.5 Å². The Morgan fingerprint density at radius 1 is 1.10 bits per heavy atom. The summed E-state index contributed by atoms with van der Waals surface area (Å²) >= 11 is 0. The lowest BCUT2D eigenvalue weighted by atomic mass is 10.1. The van der Waals surface area contributed by atoms with Gasteiger partial charge in [0.25, 0.3) is 0 Å². The van der Waals surface area contributed by atoms with Crippen LogP contribution >= 0.6 is 0 Å². The van der Waals surface area contributed by atoms with Crippen molar-refractivity contribution in [1.82, 2.24) is 4.90 Å². The molecule has 0 aliphatic heterocycles. The number of carbonyl (C=O) groups excluding carboxylic acids is 2. The van der Waals surface area contributed by atoms with E-state index in [1.54, 1.807) is 31.2 Å². The van der Waals surface area contributed by atoms with Crippen LogP contribution in [0.4, 0.5) is 24.5 Å². The summed E-state index contributed by atoms with van der Waals surface area (Å²) in [6.45, 7) is 1.28. The molecule has 0 spiro atoms. The van der Waals surface area contributed by atoms with Gasteiger partial charge in [0.2, 0.25) is 11.8 Å². The minimum absolute atomic E-state index is 0.284. The molecule has 0 saturated carbocycles. The first-order chi connectivity index (χ1) is 13.6. The van der Waals surface area contributed by atoms with Gasteiger partial charge >= 0.3 is 6.18 Å². The third-order valence-electron chi connectivity index (χ3n) is 4.22.